The van der Waals surface area contributed by atoms with E-state index in [0.717, 1.165) is 11.4 Å². The van der Waals surface area contributed by atoms with Gasteiger partial charge in [0.25, 0.3) is 12.2 Å². The van der Waals surface area contributed by atoms with Crippen molar-refractivity contribution in [1.29, 1.82) is 0 Å². The molecule has 3 aromatic rings. The largest absolute Gasteiger partial charge is 0.497 e. The predicted molar refractivity (Wildman–Crippen MR) is 125 cm³/mol. The van der Waals surface area contributed by atoms with Crippen molar-refractivity contribution >= 4 is 15.7 Å². The molecule has 1 aliphatic heterocycles. The maximum Gasteiger partial charge on any atom is 0.293 e. The molecule has 2 N–H and O–H groups in total. The van der Waals surface area contributed by atoms with Gasteiger partial charge in [0.2, 0.25) is 0 Å². The second kappa shape index (κ2) is 11.0. The fraction of sp³-hybridized carbons (Fsp3) is 0.391. The van der Waals surface area contributed by atoms with Crippen LogP contribution >= 0.6 is 0 Å². The van der Waals surface area contributed by atoms with Gasteiger partial charge in [-0.15, -0.1) is 4.68 Å². The minimum atomic E-state index is -4.08. The lowest BCUT2D eigenvalue weighted by Gasteiger charge is -2.34. The number of tetrazole rings is 1. The Bertz CT molecular complexity index is 1270. The van der Waals surface area contributed by atoms with Gasteiger partial charge in [-0.2, -0.15) is 0 Å². The summed E-state index contributed by atoms with van der Waals surface area (Å²) in [5, 5.41) is 17.2. The van der Waals surface area contributed by atoms with Crippen molar-refractivity contribution in [1.82, 2.24) is 20.6 Å². The fourth-order valence-electron chi connectivity index (χ4n) is 4.08. The van der Waals surface area contributed by atoms with Gasteiger partial charge in [0, 0.05) is 19.6 Å². The summed E-state index contributed by atoms with van der Waals surface area (Å²) in [4.78, 5) is 14.0. The summed E-state index contributed by atoms with van der Waals surface area (Å²) in [5.74, 6) is 0.291. The van der Waals surface area contributed by atoms with E-state index in [1.807, 2.05) is 28.9 Å². The van der Waals surface area contributed by atoms with Crippen molar-refractivity contribution in [3.8, 4) is 17.2 Å². The number of sulfone groups is 1. The summed E-state index contributed by atoms with van der Waals surface area (Å²) < 4.78 is 42.8. The van der Waals surface area contributed by atoms with Crippen molar-refractivity contribution in [2.24, 2.45) is 0 Å². The number of carbonyl (C=O) groups is 1. The Morgan fingerprint density at radius 1 is 1.14 bits per heavy atom. The molecule has 0 unspecified atom stereocenters. The lowest BCUT2D eigenvalue weighted by atomic mass is 9.98. The molecule has 0 saturated carbocycles. The molecule has 4 rings (SSSR count). The summed E-state index contributed by atoms with van der Waals surface area (Å²) >= 11 is 0. The molecule has 2 aromatic carbocycles. The van der Waals surface area contributed by atoms with Crippen LogP contribution in [0, 0.1) is 0 Å². The lowest BCUT2D eigenvalue weighted by molar-refractivity contribution is -0.691. The standard InChI is InChI=1S/C23H27N5O7S/c1-33-19-5-3-18(4-6-19)27-17-24-26-28(27)13-2-14-35-20-7-9-21(10-8-20)36(31,32)23(22(29)25-30)11-15-34-16-12-23/h3-10,17H,2,11-16H2,1H3,(H-,24,25,26,29,30)/p+1. The number of aromatic nitrogens is 4. The Kier molecular flexibility index (Phi) is 7.82. The van der Waals surface area contributed by atoms with E-state index in [1.165, 1.54) is 17.6 Å². The Labute approximate surface area is 208 Å². The quantitative estimate of drug-likeness (QED) is 0.173. The summed E-state index contributed by atoms with van der Waals surface area (Å²) in [6.45, 7) is 1.12. The predicted octanol–water partition coefficient (Wildman–Crippen LogP) is 0.861. The molecule has 0 spiro atoms. The van der Waals surface area contributed by atoms with Crippen LogP contribution in [-0.4, -0.2) is 66.3 Å². The first kappa shape index (κ1) is 25.5. The number of methoxy groups -OCH3 is 1. The third-order valence-electron chi connectivity index (χ3n) is 6.14. The maximum absolute atomic E-state index is 13.3. The molecule has 1 aliphatic rings. The second-order valence-corrected chi connectivity index (χ2v) is 10.4. The number of nitrogens with zero attached hydrogens (tertiary/aromatic N) is 4. The zero-order valence-electron chi connectivity index (χ0n) is 19.7. The van der Waals surface area contributed by atoms with Crippen LogP contribution in [0.3, 0.4) is 0 Å². The van der Waals surface area contributed by atoms with E-state index in [-0.39, 0.29) is 31.0 Å². The van der Waals surface area contributed by atoms with Crippen LogP contribution in [0.15, 0.2) is 59.8 Å². The van der Waals surface area contributed by atoms with E-state index >= 15 is 0 Å². The average Bonchev–Trinajstić information content (AvgIpc) is 3.39. The van der Waals surface area contributed by atoms with Crippen molar-refractivity contribution in [3.05, 3.63) is 54.9 Å². The van der Waals surface area contributed by atoms with Crippen molar-refractivity contribution < 1.29 is 37.3 Å². The highest BCUT2D eigenvalue weighted by atomic mass is 32.2. The first-order valence-electron chi connectivity index (χ1n) is 11.4. The van der Waals surface area contributed by atoms with Gasteiger partial charge in [-0.25, -0.2) is 13.9 Å². The van der Waals surface area contributed by atoms with E-state index in [4.69, 9.17) is 19.4 Å². The van der Waals surface area contributed by atoms with Gasteiger partial charge in [0.1, 0.15) is 22.3 Å². The number of carbonyl (C=O) groups excluding carboxylic acids is 1. The summed E-state index contributed by atoms with van der Waals surface area (Å²) in [6.07, 6.45) is 2.15. The van der Waals surface area contributed by atoms with E-state index in [9.17, 15) is 13.2 Å². The van der Waals surface area contributed by atoms with Crippen molar-refractivity contribution in [2.45, 2.75) is 35.4 Å². The third-order valence-corrected chi connectivity index (χ3v) is 8.65. The van der Waals surface area contributed by atoms with E-state index < -0.39 is 20.5 Å². The van der Waals surface area contributed by atoms with Gasteiger partial charge < -0.3 is 14.2 Å². The van der Waals surface area contributed by atoms with Crippen molar-refractivity contribution in [3.63, 3.8) is 0 Å². The molecular weight excluding hydrogens is 490 g/mol. The number of hydroxylamine groups is 1. The van der Waals surface area contributed by atoms with Gasteiger partial charge >= 0.3 is 0 Å². The zero-order valence-corrected chi connectivity index (χ0v) is 20.6. The Morgan fingerprint density at radius 3 is 2.44 bits per heavy atom. The highest BCUT2D eigenvalue weighted by Gasteiger charge is 2.52. The summed E-state index contributed by atoms with van der Waals surface area (Å²) in [7, 11) is -2.47. The van der Waals surface area contributed by atoms with Crippen molar-refractivity contribution in [2.75, 3.05) is 26.9 Å². The Hall–Kier alpha value is -3.55. The third kappa shape index (κ3) is 5.03. The van der Waals surface area contributed by atoms with Gasteiger partial charge in [0.15, 0.2) is 19.8 Å². The SMILES string of the molecule is COc1ccc(-[n+]2cnnn2CCCOc2ccc(S(=O)(=O)C3(C(=O)NO)CCOCC3)cc2)cc1. The maximum atomic E-state index is 13.3. The highest BCUT2D eigenvalue weighted by molar-refractivity contribution is 7.93. The normalized spacial score (nSPS) is 15.3. The van der Waals surface area contributed by atoms with E-state index in [0.29, 0.717) is 25.3 Å². The molecule has 0 bridgehead atoms. The molecule has 0 aliphatic carbocycles. The molecule has 1 amide bonds. The first-order valence-corrected chi connectivity index (χ1v) is 12.8. The Morgan fingerprint density at radius 2 is 1.81 bits per heavy atom. The molecule has 36 heavy (non-hydrogen) atoms. The number of hydrogen-bond acceptors (Lipinski definition) is 9. The number of rotatable bonds is 10. The highest BCUT2D eigenvalue weighted by Crippen LogP contribution is 2.35. The van der Waals surface area contributed by atoms with Gasteiger partial charge in [-0.3, -0.25) is 10.0 Å². The summed E-state index contributed by atoms with van der Waals surface area (Å²) in [6, 6.07) is 13.4. The van der Waals surface area contributed by atoms with Crippen LogP contribution in [0.4, 0.5) is 0 Å². The first-order chi connectivity index (χ1) is 17.4. The van der Waals surface area contributed by atoms with Gasteiger partial charge in [-0.05, 0) is 61.4 Å². The number of nitrogens with one attached hydrogen (secondary N) is 1. The molecule has 12 nitrogen and oxygen atoms in total. The lowest BCUT2D eigenvalue weighted by Crippen LogP contribution is -2.54. The van der Waals surface area contributed by atoms with E-state index in [1.54, 1.807) is 30.4 Å². The number of ether oxygens (including phenoxy) is 3. The molecule has 2 heterocycles. The van der Waals surface area contributed by atoms with Crippen LogP contribution in [0.1, 0.15) is 19.3 Å². The fourth-order valence-corrected chi connectivity index (χ4v) is 6.02. The minimum Gasteiger partial charge on any atom is -0.497 e. The number of hydrogen-bond donors (Lipinski definition) is 2. The van der Waals surface area contributed by atoms with Crippen LogP contribution in [-0.2, 0) is 25.9 Å². The molecule has 1 aromatic heterocycles. The number of amides is 1. The van der Waals surface area contributed by atoms with Gasteiger partial charge in [0.05, 0.1) is 25.2 Å². The monoisotopic (exact) mass is 518 g/mol. The molecule has 1 fully saturated rings. The van der Waals surface area contributed by atoms with Crippen LogP contribution in [0.5, 0.6) is 11.5 Å². The summed E-state index contributed by atoms with van der Waals surface area (Å²) in [5.41, 5.74) is 2.40. The number of benzene rings is 2. The molecule has 0 radical (unpaired) electrons. The topological polar surface area (TPSA) is 146 Å². The number of aryl methyl sites for hydroxylation is 1. The van der Waals surface area contributed by atoms with Crippen LogP contribution in [0.2, 0.25) is 0 Å². The molecular formula is C23H28N5O7S+. The Balaban J connectivity index is 1.36. The molecule has 1 saturated heterocycles. The average molecular weight is 519 g/mol. The second-order valence-electron chi connectivity index (χ2n) is 8.18. The minimum absolute atomic E-state index is 0.0245. The zero-order chi connectivity index (χ0) is 25.6. The van der Waals surface area contributed by atoms with Crippen LogP contribution < -0.4 is 19.6 Å². The van der Waals surface area contributed by atoms with E-state index in [2.05, 4.69) is 10.3 Å². The van der Waals surface area contributed by atoms with Gasteiger partial charge in [-0.1, -0.05) is 4.80 Å². The molecule has 192 valence electrons. The molecule has 13 heteroatoms. The molecule has 0 atom stereocenters. The smallest absolute Gasteiger partial charge is 0.293 e. The van der Waals surface area contributed by atoms with Crippen LogP contribution in [0.25, 0.3) is 5.69 Å².